The summed E-state index contributed by atoms with van der Waals surface area (Å²) >= 11 is 0. The van der Waals surface area contributed by atoms with Crippen molar-refractivity contribution in [2.45, 2.75) is 6.92 Å². The molecule has 0 fully saturated rings. The number of amides is 1. The molecule has 0 bridgehead atoms. The van der Waals surface area contributed by atoms with E-state index in [1.807, 2.05) is 25.1 Å². The molecule has 2 N–H and O–H groups in total. The summed E-state index contributed by atoms with van der Waals surface area (Å²) in [7, 11) is 0. The van der Waals surface area contributed by atoms with Crippen molar-refractivity contribution in [2.24, 2.45) is 5.10 Å². The van der Waals surface area contributed by atoms with Gasteiger partial charge in [-0.3, -0.25) is 4.79 Å². The summed E-state index contributed by atoms with van der Waals surface area (Å²) in [6, 6.07) is 7.23. The third kappa shape index (κ3) is 2.97. The van der Waals surface area contributed by atoms with Crippen molar-refractivity contribution in [2.75, 3.05) is 17.3 Å². The number of hydrogen-bond donors (Lipinski definition) is 2. The van der Waals surface area contributed by atoms with E-state index in [9.17, 15) is 4.79 Å². The van der Waals surface area contributed by atoms with Crippen LogP contribution >= 0.6 is 0 Å². The lowest BCUT2D eigenvalue weighted by Crippen LogP contribution is -2.25. The lowest BCUT2D eigenvalue weighted by molar-refractivity contribution is -0.118. The molecule has 1 aromatic carbocycles. The van der Waals surface area contributed by atoms with Crippen molar-refractivity contribution in [1.29, 1.82) is 0 Å². The van der Waals surface area contributed by atoms with Crippen LogP contribution in [-0.2, 0) is 4.79 Å². The second-order valence-electron chi connectivity index (χ2n) is 4.43. The SMILES string of the molecule is CC(=NNc1ncccn1)c1ccc2c(c1)NC(=O)CO2. The normalized spacial score (nSPS) is 14.0. The van der Waals surface area contributed by atoms with Crippen LogP contribution < -0.4 is 15.5 Å². The summed E-state index contributed by atoms with van der Waals surface area (Å²) in [5, 5.41) is 6.99. The first-order valence-corrected chi connectivity index (χ1v) is 6.37. The van der Waals surface area contributed by atoms with Gasteiger partial charge in [0.1, 0.15) is 5.75 Å². The molecule has 7 heteroatoms. The Kier molecular flexibility index (Phi) is 3.46. The van der Waals surface area contributed by atoms with Crippen LogP contribution in [0, 0.1) is 0 Å². The minimum absolute atomic E-state index is 0.0479. The number of benzene rings is 1. The van der Waals surface area contributed by atoms with Crippen LogP contribution in [-0.4, -0.2) is 28.2 Å². The number of carbonyl (C=O) groups excluding carboxylic acids is 1. The highest BCUT2D eigenvalue weighted by atomic mass is 16.5. The first-order chi connectivity index (χ1) is 10.2. The van der Waals surface area contributed by atoms with E-state index in [1.165, 1.54) is 0 Å². The maximum absolute atomic E-state index is 11.3. The van der Waals surface area contributed by atoms with Gasteiger partial charge in [-0.2, -0.15) is 5.10 Å². The topological polar surface area (TPSA) is 88.5 Å². The molecule has 0 aliphatic carbocycles. The molecule has 0 atom stereocenters. The Balaban J connectivity index is 1.80. The van der Waals surface area contributed by atoms with Gasteiger partial charge >= 0.3 is 0 Å². The summed E-state index contributed by atoms with van der Waals surface area (Å²) in [4.78, 5) is 19.4. The zero-order valence-electron chi connectivity index (χ0n) is 11.3. The van der Waals surface area contributed by atoms with Gasteiger partial charge in [-0.1, -0.05) is 0 Å². The molecule has 2 aromatic rings. The molecule has 0 unspecified atom stereocenters. The van der Waals surface area contributed by atoms with Crippen molar-refractivity contribution in [3.05, 3.63) is 42.2 Å². The van der Waals surface area contributed by atoms with E-state index in [0.29, 0.717) is 17.4 Å². The molecule has 0 saturated carbocycles. The van der Waals surface area contributed by atoms with E-state index in [4.69, 9.17) is 4.74 Å². The van der Waals surface area contributed by atoms with Crippen molar-refractivity contribution in [3.63, 3.8) is 0 Å². The average Bonchev–Trinajstić information content (AvgIpc) is 2.53. The zero-order valence-corrected chi connectivity index (χ0v) is 11.3. The number of carbonyl (C=O) groups is 1. The van der Waals surface area contributed by atoms with Crippen LogP contribution in [0.15, 0.2) is 41.8 Å². The summed E-state index contributed by atoms with van der Waals surface area (Å²) < 4.78 is 5.31. The van der Waals surface area contributed by atoms with Gasteiger partial charge in [0.2, 0.25) is 5.95 Å². The molecule has 106 valence electrons. The molecule has 2 heterocycles. The summed E-state index contributed by atoms with van der Waals surface area (Å²) in [5.74, 6) is 0.919. The number of anilines is 2. The highest BCUT2D eigenvalue weighted by molar-refractivity contribution is 6.02. The molecule has 3 rings (SSSR count). The van der Waals surface area contributed by atoms with Crippen molar-refractivity contribution < 1.29 is 9.53 Å². The van der Waals surface area contributed by atoms with Crippen LogP contribution in [0.2, 0.25) is 0 Å². The molecule has 0 saturated heterocycles. The van der Waals surface area contributed by atoms with Crippen molar-refractivity contribution in [3.8, 4) is 5.75 Å². The molecule has 1 amide bonds. The maximum Gasteiger partial charge on any atom is 0.262 e. The highest BCUT2D eigenvalue weighted by Gasteiger charge is 2.16. The number of nitrogens with one attached hydrogen (secondary N) is 2. The van der Waals surface area contributed by atoms with Gasteiger partial charge in [0, 0.05) is 12.4 Å². The van der Waals surface area contributed by atoms with E-state index >= 15 is 0 Å². The van der Waals surface area contributed by atoms with Gasteiger partial charge in [-0.25, -0.2) is 15.4 Å². The van der Waals surface area contributed by atoms with Gasteiger partial charge in [-0.05, 0) is 36.8 Å². The van der Waals surface area contributed by atoms with E-state index in [-0.39, 0.29) is 12.5 Å². The standard InChI is InChI=1S/C14H13N5O2/c1-9(18-19-14-15-5-2-6-16-14)10-3-4-12-11(7-10)17-13(20)8-21-12/h2-7H,8H2,1H3,(H,17,20)(H,15,16,19). The van der Waals surface area contributed by atoms with Crippen LogP contribution in [0.5, 0.6) is 5.75 Å². The Bertz CT molecular complexity index is 700. The second kappa shape index (κ2) is 5.58. The van der Waals surface area contributed by atoms with Crippen molar-refractivity contribution in [1.82, 2.24) is 9.97 Å². The first-order valence-electron chi connectivity index (χ1n) is 6.37. The number of rotatable bonds is 3. The fourth-order valence-corrected chi connectivity index (χ4v) is 1.86. The predicted molar refractivity (Wildman–Crippen MR) is 78.4 cm³/mol. The lowest BCUT2D eigenvalue weighted by atomic mass is 10.1. The first kappa shape index (κ1) is 13.0. The fourth-order valence-electron chi connectivity index (χ4n) is 1.86. The highest BCUT2D eigenvalue weighted by Crippen LogP contribution is 2.28. The van der Waals surface area contributed by atoms with Crippen LogP contribution in [0.3, 0.4) is 0 Å². The largest absolute Gasteiger partial charge is 0.482 e. The average molecular weight is 283 g/mol. The fraction of sp³-hybridized carbons (Fsp3) is 0.143. The molecule has 0 spiro atoms. The van der Waals surface area contributed by atoms with Gasteiger partial charge < -0.3 is 10.1 Å². The van der Waals surface area contributed by atoms with Gasteiger partial charge in [0.25, 0.3) is 5.91 Å². The number of fused-ring (bicyclic) bond motifs is 1. The van der Waals surface area contributed by atoms with E-state index in [0.717, 1.165) is 11.3 Å². The summed E-state index contributed by atoms with van der Waals surface area (Å²) in [6.45, 7) is 1.90. The molecule has 21 heavy (non-hydrogen) atoms. The Morgan fingerprint density at radius 3 is 3.00 bits per heavy atom. The number of aromatic nitrogens is 2. The zero-order chi connectivity index (χ0) is 14.7. The quantitative estimate of drug-likeness (QED) is 0.660. The van der Waals surface area contributed by atoms with Gasteiger partial charge in [-0.15, -0.1) is 0 Å². The third-order valence-electron chi connectivity index (χ3n) is 2.92. The molecule has 7 nitrogen and oxygen atoms in total. The number of hydrazone groups is 1. The van der Waals surface area contributed by atoms with Gasteiger partial charge in [0.15, 0.2) is 6.61 Å². The number of hydrogen-bond acceptors (Lipinski definition) is 6. The van der Waals surface area contributed by atoms with Crippen LogP contribution in [0.25, 0.3) is 0 Å². The number of nitrogens with zero attached hydrogens (tertiary/aromatic N) is 3. The Labute approximate surface area is 121 Å². The van der Waals surface area contributed by atoms with Crippen LogP contribution in [0.1, 0.15) is 12.5 Å². The second-order valence-corrected chi connectivity index (χ2v) is 4.43. The van der Waals surface area contributed by atoms with Crippen LogP contribution in [0.4, 0.5) is 11.6 Å². The smallest absolute Gasteiger partial charge is 0.262 e. The third-order valence-corrected chi connectivity index (χ3v) is 2.92. The van der Waals surface area contributed by atoms with Crippen molar-refractivity contribution >= 4 is 23.3 Å². The Hall–Kier alpha value is -2.96. The van der Waals surface area contributed by atoms with E-state index < -0.39 is 0 Å². The van der Waals surface area contributed by atoms with E-state index in [1.54, 1.807) is 18.5 Å². The molecule has 1 aliphatic heterocycles. The summed E-state index contributed by atoms with van der Waals surface area (Å²) in [6.07, 6.45) is 3.26. The molecular formula is C14H13N5O2. The molecule has 0 radical (unpaired) electrons. The number of ether oxygens (including phenoxy) is 1. The Morgan fingerprint density at radius 1 is 1.38 bits per heavy atom. The Morgan fingerprint density at radius 2 is 2.19 bits per heavy atom. The monoisotopic (exact) mass is 283 g/mol. The maximum atomic E-state index is 11.3. The van der Waals surface area contributed by atoms with E-state index in [2.05, 4.69) is 25.8 Å². The lowest BCUT2D eigenvalue weighted by Gasteiger charge is -2.18. The molecule has 1 aromatic heterocycles. The minimum Gasteiger partial charge on any atom is -0.482 e. The minimum atomic E-state index is -0.162. The summed E-state index contributed by atoms with van der Waals surface area (Å²) in [5.41, 5.74) is 5.03. The van der Waals surface area contributed by atoms with Gasteiger partial charge in [0.05, 0.1) is 11.4 Å². The molecular weight excluding hydrogens is 270 g/mol. The molecule has 1 aliphatic rings. The predicted octanol–water partition coefficient (Wildman–Crippen LogP) is 1.64.